The molecule has 2 rings (SSSR count). The number of aryl methyl sites for hydroxylation is 1. The standard InChI is InChI=1S/C10H8Cl2N4O2/c1-4-15-16-10(18-4)14-9(17)6-2-5(13)3-7(11)8(6)12/h2-3H,13H2,1H3,(H,14,16,17). The van der Waals surface area contributed by atoms with Crippen LogP contribution >= 0.6 is 23.2 Å². The van der Waals surface area contributed by atoms with Gasteiger partial charge in [-0.25, -0.2) is 0 Å². The normalized spacial score (nSPS) is 10.4. The van der Waals surface area contributed by atoms with E-state index in [0.29, 0.717) is 11.6 Å². The second kappa shape index (κ2) is 4.83. The Labute approximate surface area is 112 Å². The molecule has 0 unspecified atom stereocenters. The summed E-state index contributed by atoms with van der Waals surface area (Å²) in [5.41, 5.74) is 6.06. The first-order valence-corrected chi connectivity index (χ1v) is 5.59. The molecule has 0 fully saturated rings. The summed E-state index contributed by atoms with van der Waals surface area (Å²) in [6.45, 7) is 1.60. The van der Waals surface area contributed by atoms with Crippen LogP contribution in [-0.2, 0) is 0 Å². The second-order valence-corrected chi connectivity index (χ2v) is 4.23. The number of amides is 1. The molecule has 0 bridgehead atoms. The van der Waals surface area contributed by atoms with E-state index in [4.69, 9.17) is 33.4 Å². The van der Waals surface area contributed by atoms with Gasteiger partial charge in [0.1, 0.15) is 0 Å². The van der Waals surface area contributed by atoms with Crippen molar-refractivity contribution in [2.75, 3.05) is 11.1 Å². The summed E-state index contributed by atoms with van der Waals surface area (Å²) >= 11 is 11.7. The first-order valence-electron chi connectivity index (χ1n) is 4.83. The monoisotopic (exact) mass is 286 g/mol. The van der Waals surface area contributed by atoms with E-state index in [1.54, 1.807) is 6.92 Å². The van der Waals surface area contributed by atoms with Crippen LogP contribution in [0, 0.1) is 6.92 Å². The summed E-state index contributed by atoms with van der Waals surface area (Å²) in [7, 11) is 0. The average molecular weight is 287 g/mol. The van der Waals surface area contributed by atoms with Crippen LogP contribution in [0.4, 0.5) is 11.7 Å². The number of nitrogens with two attached hydrogens (primary N) is 1. The van der Waals surface area contributed by atoms with E-state index in [9.17, 15) is 4.79 Å². The average Bonchev–Trinajstić information content (AvgIpc) is 2.69. The fourth-order valence-electron chi connectivity index (χ4n) is 1.29. The Kier molecular flexibility index (Phi) is 3.40. The van der Waals surface area contributed by atoms with Crippen molar-refractivity contribution in [1.82, 2.24) is 10.2 Å². The van der Waals surface area contributed by atoms with Crippen molar-refractivity contribution in [3.63, 3.8) is 0 Å². The van der Waals surface area contributed by atoms with Gasteiger partial charge in [-0.15, -0.1) is 5.10 Å². The van der Waals surface area contributed by atoms with Gasteiger partial charge < -0.3 is 10.2 Å². The smallest absolute Gasteiger partial charge is 0.322 e. The Morgan fingerprint density at radius 2 is 2.11 bits per heavy atom. The van der Waals surface area contributed by atoms with E-state index in [1.807, 2.05) is 0 Å². The minimum atomic E-state index is -0.530. The highest BCUT2D eigenvalue weighted by Crippen LogP contribution is 2.29. The van der Waals surface area contributed by atoms with Crippen LogP contribution < -0.4 is 11.1 Å². The van der Waals surface area contributed by atoms with Gasteiger partial charge in [0.2, 0.25) is 5.89 Å². The van der Waals surface area contributed by atoms with Crippen LogP contribution in [-0.4, -0.2) is 16.1 Å². The van der Waals surface area contributed by atoms with Gasteiger partial charge >= 0.3 is 6.01 Å². The number of hydrogen-bond acceptors (Lipinski definition) is 5. The maximum atomic E-state index is 11.9. The zero-order chi connectivity index (χ0) is 13.3. The molecule has 3 N–H and O–H groups in total. The molecular formula is C10H8Cl2N4O2. The van der Waals surface area contributed by atoms with Gasteiger partial charge in [0, 0.05) is 12.6 Å². The van der Waals surface area contributed by atoms with E-state index >= 15 is 0 Å². The molecule has 6 nitrogen and oxygen atoms in total. The van der Waals surface area contributed by atoms with Gasteiger partial charge in [-0.1, -0.05) is 28.3 Å². The molecule has 1 aromatic carbocycles. The van der Waals surface area contributed by atoms with E-state index < -0.39 is 5.91 Å². The molecule has 94 valence electrons. The lowest BCUT2D eigenvalue weighted by Crippen LogP contribution is -2.13. The van der Waals surface area contributed by atoms with Crippen molar-refractivity contribution < 1.29 is 9.21 Å². The Morgan fingerprint density at radius 3 is 2.72 bits per heavy atom. The van der Waals surface area contributed by atoms with E-state index in [2.05, 4.69) is 15.5 Å². The van der Waals surface area contributed by atoms with Crippen molar-refractivity contribution in [2.24, 2.45) is 0 Å². The highest BCUT2D eigenvalue weighted by molar-refractivity contribution is 6.44. The van der Waals surface area contributed by atoms with Gasteiger partial charge in [0.15, 0.2) is 0 Å². The molecule has 0 aliphatic heterocycles. The largest absolute Gasteiger partial charge is 0.408 e. The van der Waals surface area contributed by atoms with Gasteiger partial charge in [0.25, 0.3) is 5.91 Å². The van der Waals surface area contributed by atoms with Crippen LogP contribution in [0.3, 0.4) is 0 Å². The van der Waals surface area contributed by atoms with Gasteiger partial charge in [-0.2, -0.15) is 0 Å². The van der Waals surface area contributed by atoms with E-state index in [0.717, 1.165) is 0 Å². The summed E-state index contributed by atoms with van der Waals surface area (Å²) in [6.07, 6.45) is 0. The van der Waals surface area contributed by atoms with Gasteiger partial charge in [-0.3, -0.25) is 10.1 Å². The molecule has 1 heterocycles. The van der Waals surface area contributed by atoms with Crippen molar-refractivity contribution >= 4 is 40.8 Å². The van der Waals surface area contributed by atoms with Gasteiger partial charge in [0.05, 0.1) is 15.6 Å². The van der Waals surface area contributed by atoms with Crippen molar-refractivity contribution in [1.29, 1.82) is 0 Å². The Bertz CT molecular complexity index is 612. The predicted octanol–water partition coefficient (Wildman–Crippen LogP) is 2.52. The third kappa shape index (κ3) is 2.55. The molecule has 0 atom stereocenters. The molecule has 0 saturated heterocycles. The highest BCUT2D eigenvalue weighted by Gasteiger charge is 2.16. The molecule has 0 aliphatic rings. The molecule has 0 saturated carbocycles. The lowest BCUT2D eigenvalue weighted by atomic mass is 10.2. The molecule has 2 aromatic rings. The highest BCUT2D eigenvalue weighted by atomic mass is 35.5. The maximum Gasteiger partial charge on any atom is 0.322 e. The predicted molar refractivity (Wildman–Crippen MR) is 67.9 cm³/mol. The van der Waals surface area contributed by atoms with Crippen LogP contribution in [0.2, 0.25) is 10.0 Å². The fraction of sp³-hybridized carbons (Fsp3) is 0.100. The fourth-order valence-corrected chi connectivity index (χ4v) is 1.71. The Hall–Kier alpha value is -1.79. The minimum Gasteiger partial charge on any atom is -0.408 e. The number of aromatic nitrogens is 2. The molecule has 0 aliphatic carbocycles. The lowest BCUT2D eigenvalue weighted by Gasteiger charge is -2.06. The van der Waals surface area contributed by atoms with Crippen molar-refractivity contribution in [2.45, 2.75) is 6.92 Å². The van der Waals surface area contributed by atoms with Crippen molar-refractivity contribution in [3.05, 3.63) is 33.6 Å². The molecule has 0 spiro atoms. The van der Waals surface area contributed by atoms with Gasteiger partial charge in [-0.05, 0) is 12.1 Å². The molecule has 0 radical (unpaired) electrons. The molecule has 1 aromatic heterocycles. The number of anilines is 2. The minimum absolute atomic E-state index is 0.0212. The Balaban J connectivity index is 2.29. The first kappa shape index (κ1) is 12.7. The van der Waals surface area contributed by atoms with E-state index in [1.165, 1.54) is 12.1 Å². The molecule has 18 heavy (non-hydrogen) atoms. The van der Waals surface area contributed by atoms with Crippen LogP contribution in [0.15, 0.2) is 16.5 Å². The van der Waals surface area contributed by atoms with Crippen molar-refractivity contribution in [3.8, 4) is 0 Å². The van der Waals surface area contributed by atoms with Crippen LogP contribution in [0.25, 0.3) is 0 Å². The van der Waals surface area contributed by atoms with Crippen LogP contribution in [0.1, 0.15) is 16.2 Å². The number of rotatable bonds is 2. The Morgan fingerprint density at radius 1 is 1.39 bits per heavy atom. The molecule has 8 heteroatoms. The third-order valence-corrected chi connectivity index (χ3v) is 2.84. The number of nitrogens with one attached hydrogen (secondary N) is 1. The van der Waals surface area contributed by atoms with E-state index in [-0.39, 0.29) is 21.6 Å². The SMILES string of the molecule is Cc1nnc(NC(=O)c2cc(N)cc(Cl)c2Cl)o1. The number of carbonyl (C=O) groups excluding carboxylic acids is 1. The lowest BCUT2D eigenvalue weighted by molar-refractivity contribution is 0.102. The summed E-state index contributed by atoms with van der Waals surface area (Å²) in [4.78, 5) is 11.9. The number of benzene rings is 1. The summed E-state index contributed by atoms with van der Waals surface area (Å²) in [5, 5.41) is 9.91. The topological polar surface area (TPSA) is 94.0 Å². The summed E-state index contributed by atoms with van der Waals surface area (Å²) in [5.74, 6) is -0.195. The molecule has 1 amide bonds. The quantitative estimate of drug-likeness (QED) is 0.828. The number of hydrogen-bond donors (Lipinski definition) is 2. The zero-order valence-corrected chi connectivity index (χ0v) is 10.7. The second-order valence-electron chi connectivity index (χ2n) is 3.44. The first-order chi connectivity index (χ1) is 8.47. The third-order valence-electron chi connectivity index (χ3n) is 2.04. The number of nitrogens with zero attached hydrogens (tertiary/aromatic N) is 2. The summed E-state index contributed by atoms with van der Waals surface area (Å²) in [6, 6.07) is 2.84. The number of halogens is 2. The zero-order valence-electron chi connectivity index (χ0n) is 9.20. The molecular weight excluding hydrogens is 279 g/mol. The summed E-state index contributed by atoms with van der Waals surface area (Å²) < 4.78 is 5.01. The number of nitrogen functional groups attached to an aromatic ring is 1. The van der Waals surface area contributed by atoms with Crippen LogP contribution in [0.5, 0.6) is 0 Å². The maximum absolute atomic E-state index is 11.9. The number of carbonyl (C=O) groups is 1.